The zero-order valence-electron chi connectivity index (χ0n) is 11.0. The molecule has 0 aliphatic heterocycles. The largest absolute Gasteiger partial charge is 0.334 e. The molecule has 2 bridgehead atoms. The van der Waals surface area contributed by atoms with E-state index in [9.17, 15) is 4.79 Å². The van der Waals surface area contributed by atoms with Crippen molar-refractivity contribution in [1.82, 2.24) is 4.90 Å². The van der Waals surface area contributed by atoms with E-state index in [2.05, 4.69) is 34.6 Å². The highest BCUT2D eigenvalue weighted by Crippen LogP contribution is 2.45. The van der Waals surface area contributed by atoms with Gasteiger partial charge >= 0.3 is 0 Å². The van der Waals surface area contributed by atoms with Gasteiger partial charge in [-0.3, -0.25) is 4.79 Å². The molecule has 2 nitrogen and oxygen atoms in total. The van der Waals surface area contributed by atoms with E-state index < -0.39 is 0 Å². The third kappa shape index (κ3) is 2.14. The van der Waals surface area contributed by atoms with Crippen molar-refractivity contribution in [1.29, 1.82) is 0 Å². The summed E-state index contributed by atoms with van der Waals surface area (Å²) in [5, 5.41) is 2.10. The van der Waals surface area contributed by atoms with E-state index in [1.165, 1.54) is 24.1 Å². The Morgan fingerprint density at radius 1 is 1.32 bits per heavy atom. The summed E-state index contributed by atoms with van der Waals surface area (Å²) in [6.45, 7) is 0.832. The number of hydrogen-bond acceptors (Lipinski definition) is 2. The second-order valence-corrected chi connectivity index (χ2v) is 7.20. The summed E-state index contributed by atoms with van der Waals surface area (Å²) in [5.41, 5.74) is 0. The number of carbonyl (C=O) groups is 1. The van der Waals surface area contributed by atoms with Crippen molar-refractivity contribution in [3.8, 4) is 0 Å². The van der Waals surface area contributed by atoms with Crippen molar-refractivity contribution in [2.45, 2.75) is 38.3 Å². The Morgan fingerprint density at radius 2 is 2.21 bits per heavy atom. The van der Waals surface area contributed by atoms with Gasteiger partial charge in [0.2, 0.25) is 5.91 Å². The summed E-state index contributed by atoms with van der Waals surface area (Å²) in [4.78, 5) is 16.3. The first-order chi connectivity index (χ1) is 9.31. The van der Waals surface area contributed by atoms with E-state index in [0.717, 1.165) is 13.0 Å². The van der Waals surface area contributed by atoms with Crippen LogP contribution in [0.3, 0.4) is 0 Å². The predicted molar refractivity (Wildman–Crippen MR) is 76.7 cm³/mol. The lowest BCUT2D eigenvalue weighted by atomic mass is 9.92. The lowest BCUT2D eigenvalue weighted by Gasteiger charge is -2.28. The predicted octanol–water partition coefficient (Wildman–Crippen LogP) is 3.45. The van der Waals surface area contributed by atoms with Crippen LogP contribution in [0.5, 0.6) is 0 Å². The molecule has 0 spiro atoms. The number of hydrogen-bond donors (Lipinski definition) is 0. The zero-order valence-corrected chi connectivity index (χ0v) is 11.8. The fourth-order valence-electron chi connectivity index (χ4n) is 3.62. The van der Waals surface area contributed by atoms with Crippen LogP contribution in [0.1, 0.15) is 30.6 Å². The van der Waals surface area contributed by atoms with Crippen LogP contribution in [0, 0.1) is 17.8 Å². The molecule has 3 aliphatic carbocycles. The van der Waals surface area contributed by atoms with Crippen molar-refractivity contribution in [3.05, 3.63) is 34.5 Å². The summed E-state index contributed by atoms with van der Waals surface area (Å²) in [5.74, 6) is 1.91. The number of carbonyl (C=O) groups excluding carboxylic acids is 1. The molecule has 2 saturated carbocycles. The number of allylic oxidation sites excluding steroid dienone is 2. The number of thiophene rings is 1. The van der Waals surface area contributed by atoms with Crippen LogP contribution in [0.25, 0.3) is 0 Å². The van der Waals surface area contributed by atoms with Crippen molar-refractivity contribution in [2.75, 3.05) is 0 Å². The quantitative estimate of drug-likeness (QED) is 0.769. The fraction of sp³-hybridized carbons (Fsp3) is 0.562. The van der Waals surface area contributed by atoms with Gasteiger partial charge in [0.1, 0.15) is 0 Å². The van der Waals surface area contributed by atoms with Gasteiger partial charge in [0.25, 0.3) is 0 Å². The van der Waals surface area contributed by atoms with Crippen molar-refractivity contribution in [3.63, 3.8) is 0 Å². The van der Waals surface area contributed by atoms with E-state index in [4.69, 9.17) is 0 Å². The highest BCUT2D eigenvalue weighted by molar-refractivity contribution is 7.09. The molecule has 4 rings (SSSR count). The Labute approximate surface area is 118 Å². The highest BCUT2D eigenvalue weighted by atomic mass is 32.1. The molecule has 1 amide bonds. The molecular formula is C16H19NOS. The minimum atomic E-state index is 0.274. The van der Waals surface area contributed by atoms with Gasteiger partial charge < -0.3 is 4.90 Å². The van der Waals surface area contributed by atoms with Crippen LogP contribution in [-0.2, 0) is 11.3 Å². The molecule has 0 radical (unpaired) electrons. The van der Waals surface area contributed by atoms with E-state index >= 15 is 0 Å². The minimum Gasteiger partial charge on any atom is -0.334 e. The summed E-state index contributed by atoms with van der Waals surface area (Å²) < 4.78 is 0. The van der Waals surface area contributed by atoms with Crippen LogP contribution in [0.15, 0.2) is 29.7 Å². The molecule has 1 aromatic heterocycles. The van der Waals surface area contributed by atoms with E-state index in [1.807, 2.05) is 0 Å². The topological polar surface area (TPSA) is 20.3 Å². The minimum absolute atomic E-state index is 0.274. The molecule has 3 unspecified atom stereocenters. The number of rotatable bonds is 4. The average molecular weight is 273 g/mol. The molecule has 0 saturated heterocycles. The first-order valence-corrected chi connectivity index (χ1v) is 8.20. The monoisotopic (exact) mass is 273 g/mol. The van der Waals surface area contributed by atoms with Crippen LogP contribution in [-0.4, -0.2) is 16.8 Å². The van der Waals surface area contributed by atoms with Crippen LogP contribution >= 0.6 is 11.3 Å². The van der Waals surface area contributed by atoms with E-state index in [0.29, 0.717) is 23.8 Å². The summed E-state index contributed by atoms with van der Waals surface area (Å²) in [6, 6.07) is 4.75. The first-order valence-electron chi connectivity index (χ1n) is 7.32. The number of nitrogens with zero attached hydrogens (tertiary/aromatic N) is 1. The lowest BCUT2D eigenvalue weighted by Crippen LogP contribution is -2.38. The van der Waals surface area contributed by atoms with Gasteiger partial charge in [-0.15, -0.1) is 11.3 Å². The maximum absolute atomic E-state index is 12.8. The van der Waals surface area contributed by atoms with E-state index in [-0.39, 0.29) is 5.92 Å². The van der Waals surface area contributed by atoms with Gasteiger partial charge in [-0.05, 0) is 49.0 Å². The maximum Gasteiger partial charge on any atom is 0.226 e. The van der Waals surface area contributed by atoms with Gasteiger partial charge in [-0.1, -0.05) is 18.2 Å². The molecular weight excluding hydrogens is 254 g/mol. The Kier molecular flexibility index (Phi) is 2.76. The maximum atomic E-state index is 12.8. The number of fused-ring (bicyclic) bond motifs is 2. The van der Waals surface area contributed by atoms with Crippen LogP contribution < -0.4 is 0 Å². The molecule has 0 aromatic carbocycles. The molecule has 3 aliphatic rings. The highest BCUT2D eigenvalue weighted by Gasteiger charge is 2.44. The first kappa shape index (κ1) is 11.7. The molecule has 19 heavy (non-hydrogen) atoms. The lowest BCUT2D eigenvalue weighted by molar-refractivity contribution is -0.137. The molecule has 2 fully saturated rings. The molecule has 3 atom stereocenters. The second kappa shape index (κ2) is 4.48. The Balaban J connectivity index is 1.51. The van der Waals surface area contributed by atoms with Gasteiger partial charge in [-0.25, -0.2) is 0 Å². The Bertz CT molecular complexity index is 503. The standard InChI is InChI=1S/C16H19NOS/c18-16(15-9-11-3-4-12(15)8-11)17(13-5-6-13)10-14-2-1-7-19-14/h1-4,7,11-13,15H,5-6,8-10H2. The van der Waals surface area contributed by atoms with Gasteiger partial charge in [0, 0.05) is 16.8 Å². The molecule has 1 heterocycles. The van der Waals surface area contributed by atoms with Crippen LogP contribution in [0.2, 0.25) is 0 Å². The smallest absolute Gasteiger partial charge is 0.226 e. The summed E-state index contributed by atoms with van der Waals surface area (Å²) in [6.07, 6.45) is 9.31. The molecule has 3 heteroatoms. The van der Waals surface area contributed by atoms with Crippen LogP contribution in [0.4, 0.5) is 0 Å². The van der Waals surface area contributed by atoms with Gasteiger partial charge in [0.05, 0.1) is 6.54 Å². The molecule has 1 aromatic rings. The van der Waals surface area contributed by atoms with E-state index in [1.54, 1.807) is 11.3 Å². The normalized spacial score (nSPS) is 31.9. The molecule has 100 valence electrons. The summed E-state index contributed by atoms with van der Waals surface area (Å²) in [7, 11) is 0. The van der Waals surface area contributed by atoms with Gasteiger partial charge in [0.15, 0.2) is 0 Å². The number of amides is 1. The molecule has 0 N–H and O–H groups in total. The summed E-state index contributed by atoms with van der Waals surface area (Å²) >= 11 is 1.76. The third-order valence-electron chi connectivity index (χ3n) is 4.77. The fourth-order valence-corrected chi connectivity index (χ4v) is 4.32. The van der Waals surface area contributed by atoms with Crippen molar-refractivity contribution >= 4 is 17.2 Å². The third-order valence-corrected chi connectivity index (χ3v) is 5.63. The average Bonchev–Trinajstić information content (AvgIpc) is 2.86. The Hall–Kier alpha value is -1.09. The van der Waals surface area contributed by atoms with Gasteiger partial charge in [-0.2, -0.15) is 0 Å². The second-order valence-electron chi connectivity index (χ2n) is 6.16. The van der Waals surface area contributed by atoms with Crippen molar-refractivity contribution in [2.24, 2.45) is 17.8 Å². The SMILES string of the molecule is O=C(C1CC2C=CC1C2)N(Cc1cccs1)C1CC1. The van der Waals surface area contributed by atoms with Crippen molar-refractivity contribution < 1.29 is 4.79 Å². The Morgan fingerprint density at radius 3 is 2.79 bits per heavy atom. The zero-order chi connectivity index (χ0) is 12.8.